The number of β-amino-alcohol motifs (C(OH)–C–C–N with tert-alkyl or cyclic N) is 1. The number of nitrogens with zero attached hydrogens (tertiary/aromatic N) is 2. The number of aliphatic hydroxyl groups excluding tert-OH is 1. The van der Waals surface area contributed by atoms with Gasteiger partial charge in [-0.25, -0.2) is 0 Å². The van der Waals surface area contributed by atoms with Gasteiger partial charge >= 0.3 is 0 Å². The fraction of sp³-hybridized carbons (Fsp3) is 0.385. The van der Waals surface area contributed by atoms with Crippen molar-refractivity contribution in [3.63, 3.8) is 0 Å². The first-order chi connectivity index (χ1) is 9.72. The number of rotatable bonds is 4. The maximum absolute atomic E-state index is 9.48. The van der Waals surface area contributed by atoms with Gasteiger partial charge in [0.05, 0.1) is 22.9 Å². The molecule has 1 unspecified atom stereocenters. The van der Waals surface area contributed by atoms with Crippen molar-refractivity contribution in [2.75, 3.05) is 6.54 Å². The lowest BCUT2D eigenvalue weighted by Crippen LogP contribution is -2.15. The van der Waals surface area contributed by atoms with Crippen LogP contribution in [0, 0.1) is 0 Å². The lowest BCUT2D eigenvalue weighted by atomic mass is 10.2. The van der Waals surface area contributed by atoms with Crippen LogP contribution in [0.15, 0.2) is 33.7 Å². The molecule has 1 aromatic carbocycles. The van der Waals surface area contributed by atoms with Gasteiger partial charge in [0.1, 0.15) is 0 Å². The molecule has 2 atom stereocenters. The molecule has 2 heterocycles. The molecule has 0 bridgehead atoms. The van der Waals surface area contributed by atoms with Crippen LogP contribution >= 0.6 is 23.4 Å². The monoisotopic (exact) mass is 311 g/mol. The van der Waals surface area contributed by atoms with Crippen LogP contribution in [0.25, 0.3) is 0 Å². The highest BCUT2D eigenvalue weighted by atomic mass is 35.5. The molecule has 20 heavy (non-hydrogen) atoms. The number of halogens is 1. The van der Waals surface area contributed by atoms with Gasteiger partial charge < -0.3 is 14.9 Å². The van der Waals surface area contributed by atoms with E-state index in [4.69, 9.17) is 16.1 Å². The van der Waals surface area contributed by atoms with Crippen LogP contribution in [0.4, 0.5) is 0 Å². The molecular formula is C13H14ClN3O2S. The number of hydrogen-bond acceptors (Lipinski definition) is 6. The summed E-state index contributed by atoms with van der Waals surface area (Å²) in [4.78, 5) is 5.35. The zero-order valence-electron chi connectivity index (χ0n) is 10.6. The molecule has 1 aromatic heterocycles. The van der Waals surface area contributed by atoms with E-state index in [-0.39, 0.29) is 12.1 Å². The molecule has 1 fully saturated rings. The van der Waals surface area contributed by atoms with Gasteiger partial charge in [0.25, 0.3) is 0 Å². The van der Waals surface area contributed by atoms with Crippen molar-refractivity contribution in [1.29, 1.82) is 0 Å². The average Bonchev–Trinajstić information content (AvgIpc) is 3.06. The van der Waals surface area contributed by atoms with E-state index in [0.29, 0.717) is 30.4 Å². The third-order valence-corrected chi connectivity index (χ3v) is 4.59. The Hall–Kier alpha value is -1.08. The van der Waals surface area contributed by atoms with Gasteiger partial charge in [-0.3, -0.25) is 0 Å². The molecule has 0 amide bonds. The molecule has 0 saturated carbocycles. The second kappa shape index (κ2) is 6.13. The minimum Gasteiger partial charge on any atom is -0.392 e. The minimum absolute atomic E-state index is 0.0448. The van der Waals surface area contributed by atoms with Gasteiger partial charge in [-0.05, 0) is 18.6 Å². The molecule has 0 aliphatic carbocycles. The lowest BCUT2D eigenvalue weighted by Gasteiger charge is -2.02. The average molecular weight is 312 g/mol. The Labute approximate surface area is 125 Å². The highest BCUT2D eigenvalue weighted by Gasteiger charge is 2.28. The molecule has 0 spiro atoms. The van der Waals surface area contributed by atoms with Crippen molar-refractivity contribution < 1.29 is 9.63 Å². The Morgan fingerprint density at radius 1 is 1.45 bits per heavy atom. The Bertz CT molecular complexity index is 593. The molecule has 1 aliphatic heterocycles. The Balaban J connectivity index is 1.62. The van der Waals surface area contributed by atoms with Gasteiger partial charge in [-0.15, -0.1) is 11.8 Å². The normalized spacial score (nSPS) is 22.3. The molecule has 0 radical (unpaired) electrons. The van der Waals surface area contributed by atoms with Crippen molar-refractivity contribution in [3.05, 3.63) is 41.0 Å². The summed E-state index contributed by atoms with van der Waals surface area (Å²) in [6.07, 6.45) is 0.270. The van der Waals surface area contributed by atoms with Gasteiger partial charge in [-0.2, -0.15) is 4.98 Å². The van der Waals surface area contributed by atoms with Crippen LogP contribution in [0.1, 0.15) is 24.2 Å². The first kappa shape index (κ1) is 13.9. The van der Waals surface area contributed by atoms with Crippen molar-refractivity contribution in [1.82, 2.24) is 15.5 Å². The molecule has 106 valence electrons. The largest absolute Gasteiger partial charge is 0.392 e. The summed E-state index contributed by atoms with van der Waals surface area (Å²) in [6.45, 7) is 0.566. The van der Waals surface area contributed by atoms with Crippen molar-refractivity contribution in [2.45, 2.75) is 29.2 Å². The van der Waals surface area contributed by atoms with Crippen LogP contribution < -0.4 is 5.32 Å². The second-order valence-corrected chi connectivity index (χ2v) is 6.04. The maximum atomic E-state index is 9.48. The summed E-state index contributed by atoms with van der Waals surface area (Å²) in [5.41, 5.74) is 0. The van der Waals surface area contributed by atoms with Crippen LogP contribution in [-0.4, -0.2) is 27.9 Å². The number of nitrogens with one attached hydrogen (secondary N) is 1. The minimum atomic E-state index is -0.340. The summed E-state index contributed by atoms with van der Waals surface area (Å²) < 4.78 is 5.23. The summed E-state index contributed by atoms with van der Waals surface area (Å²) >= 11 is 7.66. The third-order valence-electron chi connectivity index (χ3n) is 3.08. The van der Waals surface area contributed by atoms with E-state index < -0.39 is 0 Å². The fourth-order valence-corrected chi connectivity index (χ4v) is 3.16. The van der Waals surface area contributed by atoms with Crippen molar-refractivity contribution in [2.24, 2.45) is 0 Å². The molecule has 1 aliphatic rings. The molecule has 3 rings (SSSR count). The molecule has 1 saturated heterocycles. The third kappa shape index (κ3) is 3.15. The predicted octanol–water partition coefficient (Wildman–Crippen LogP) is 2.41. The summed E-state index contributed by atoms with van der Waals surface area (Å²) in [6, 6.07) is 7.62. The van der Waals surface area contributed by atoms with Gasteiger partial charge in [0.2, 0.25) is 5.89 Å². The molecule has 2 N–H and O–H groups in total. The SMILES string of the molecule is OC1CN[C@H](c2nc(CSc3ccccc3Cl)no2)C1. The van der Waals surface area contributed by atoms with Crippen LogP contribution in [-0.2, 0) is 5.75 Å². The molecule has 7 heteroatoms. The highest BCUT2D eigenvalue weighted by Crippen LogP contribution is 2.29. The quantitative estimate of drug-likeness (QED) is 0.845. The van der Waals surface area contributed by atoms with E-state index in [1.165, 1.54) is 0 Å². The fourth-order valence-electron chi connectivity index (χ4n) is 2.08. The van der Waals surface area contributed by atoms with Gasteiger partial charge in [-0.1, -0.05) is 28.9 Å². The summed E-state index contributed by atoms with van der Waals surface area (Å²) in [5.74, 6) is 1.77. The molecular weight excluding hydrogens is 298 g/mol. The summed E-state index contributed by atoms with van der Waals surface area (Å²) in [5, 5.41) is 17.3. The second-order valence-electron chi connectivity index (χ2n) is 4.62. The van der Waals surface area contributed by atoms with Gasteiger partial charge in [0.15, 0.2) is 5.82 Å². The van der Waals surface area contributed by atoms with E-state index in [1.54, 1.807) is 11.8 Å². The predicted molar refractivity (Wildman–Crippen MR) is 76.7 cm³/mol. The van der Waals surface area contributed by atoms with Crippen molar-refractivity contribution in [3.8, 4) is 0 Å². The van der Waals surface area contributed by atoms with E-state index in [2.05, 4.69) is 15.5 Å². The Morgan fingerprint density at radius 3 is 3.05 bits per heavy atom. The number of benzene rings is 1. The van der Waals surface area contributed by atoms with E-state index in [0.717, 1.165) is 9.92 Å². The highest BCUT2D eigenvalue weighted by molar-refractivity contribution is 7.98. The summed E-state index contributed by atoms with van der Waals surface area (Å²) in [7, 11) is 0. The first-order valence-electron chi connectivity index (χ1n) is 6.33. The first-order valence-corrected chi connectivity index (χ1v) is 7.70. The topological polar surface area (TPSA) is 71.2 Å². The Kier molecular flexibility index (Phi) is 4.26. The van der Waals surface area contributed by atoms with Crippen molar-refractivity contribution >= 4 is 23.4 Å². The van der Waals surface area contributed by atoms with E-state index in [9.17, 15) is 5.11 Å². The van der Waals surface area contributed by atoms with Gasteiger partial charge in [0, 0.05) is 11.4 Å². The number of thioether (sulfide) groups is 1. The zero-order valence-corrected chi connectivity index (χ0v) is 12.2. The number of hydrogen-bond donors (Lipinski definition) is 2. The molecule has 2 aromatic rings. The maximum Gasteiger partial charge on any atom is 0.243 e. The standard InChI is InChI=1S/C13H14ClN3O2S/c14-9-3-1-2-4-11(9)20-7-12-16-13(19-17-12)10-5-8(18)6-15-10/h1-4,8,10,15,18H,5-7H2/t8?,10-/m0/s1. The lowest BCUT2D eigenvalue weighted by molar-refractivity contribution is 0.191. The number of aromatic nitrogens is 2. The smallest absolute Gasteiger partial charge is 0.243 e. The molecule has 5 nitrogen and oxygen atoms in total. The zero-order chi connectivity index (χ0) is 13.9. The van der Waals surface area contributed by atoms with E-state index in [1.807, 2.05) is 24.3 Å². The Morgan fingerprint density at radius 2 is 2.30 bits per heavy atom. The van der Waals surface area contributed by atoms with E-state index >= 15 is 0 Å². The number of aliphatic hydroxyl groups is 1. The van der Waals surface area contributed by atoms with Crippen LogP contribution in [0.5, 0.6) is 0 Å². The van der Waals surface area contributed by atoms with Crippen LogP contribution in [0.2, 0.25) is 5.02 Å². The van der Waals surface area contributed by atoms with Crippen LogP contribution in [0.3, 0.4) is 0 Å².